The van der Waals surface area contributed by atoms with Crippen molar-refractivity contribution in [1.29, 1.82) is 0 Å². The summed E-state index contributed by atoms with van der Waals surface area (Å²) >= 11 is 1.69. The third-order valence-electron chi connectivity index (χ3n) is 8.43. The Morgan fingerprint density at radius 2 is 1.31 bits per heavy atom. The Morgan fingerprint density at radius 1 is 0.643 bits per heavy atom. The number of hydrogen-bond acceptors (Lipinski definition) is 5. The number of para-hydroxylation sites is 3. The van der Waals surface area contributed by atoms with Gasteiger partial charge in [0.15, 0.2) is 11.4 Å². The van der Waals surface area contributed by atoms with Crippen molar-refractivity contribution in [3.05, 3.63) is 155 Å². The summed E-state index contributed by atoms with van der Waals surface area (Å²) in [6.07, 6.45) is 3.69. The molecule has 3 aliphatic rings. The molecule has 0 saturated heterocycles. The second-order valence-corrected chi connectivity index (χ2v) is 11.6. The number of aromatic nitrogens is 2. The topological polar surface area (TPSA) is 42.6 Å². The molecule has 0 N–H and O–H groups in total. The van der Waals surface area contributed by atoms with Crippen LogP contribution in [0.5, 0.6) is 11.5 Å². The molecule has 0 unspecified atom stereocenters. The predicted octanol–water partition coefficient (Wildman–Crippen LogP) is 9.43. The fourth-order valence-corrected chi connectivity index (χ4v) is 7.91. The van der Waals surface area contributed by atoms with E-state index in [4.69, 9.17) is 21.3 Å². The van der Waals surface area contributed by atoms with Crippen LogP contribution in [0.3, 0.4) is 0 Å². The monoisotopic (exact) mass is 556 g/mol. The van der Waals surface area contributed by atoms with Gasteiger partial charge in [0.1, 0.15) is 5.75 Å². The smallest absolute Gasteiger partial charge is 0.188 e. The summed E-state index contributed by atoms with van der Waals surface area (Å²) in [5.41, 5.74) is 9.14. The maximum atomic E-state index is 7.60. The second-order valence-electron chi connectivity index (χ2n) is 10.5. The Bertz CT molecular complexity index is 2100. The summed E-state index contributed by atoms with van der Waals surface area (Å²) in [5.74, 6) is 1.61. The number of hydrogen-bond donors (Lipinski definition) is 0. The van der Waals surface area contributed by atoms with E-state index in [0.29, 0.717) is 5.69 Å². The van der Waals surface area contributed by atoms with Gasteiger partial charge in [-0.1, -0.05) is 72.4 Å². The lowest BCUT2D eigenvalue weighted by Gasteiger charge is -2.41. The first-order valence-corrected chi connectivity index (χ1v) is 14.5. The van der Waals surface area contributed by atoms with E-state index in [1.54, 1.807) is 11.8 Å². The number of pyridine rings is 2. The quantitative estimate of drug-likeness (QED) is 0.188. The minimum absolute atomic E-state index is 0.624. The molecule has 1 spiro atoms. The SMILES string of the molecule is [C-]#[N+]c1ccc2c(c1)Sc1ccccc1N2c1cccc2c1Oc1ccccc1C21c2cccnc2-c2ncccc21. The predicted molar refractivity (Wildman–Crippen MR) is 164 cm³/mol. The van der Waals surface area contributed by atoms with Crippen molar-refractivity contribution < 1.29 is 4.74 Å². The van der Waals surface area contributed by atoms with Gasteiger partial charge in [0, 0.05) is 33.3 Å². The van der Waals surface area contributed by atoms with Gasteiger partial charge in [0.25, 0.3) is 0 Å². The fraction of sp³-hybridized carbons (Fsp3) is 0.0278. The Kier molecular flexibility index (Phi) is 4.76. The van der Waals surface area contributed by atoms with E-state index >= 15 is 0 Å². The van der Waals surface area contributed by atoms with Gasteiger partial charge in [-0.3, -0.25) is 9.97 Å². The first kappa shape index (κ1) is 23.3. The van der Waals surface area contributed by atoms with Crippen LogP contribution in [-0.4, -0.2) is 9.97 Å². The van der Waals surface area contributed by atoms with Gasteiger partial charge in [0.05, 0.1) is 40.4 Å². The first-order chi connectivity index (χ1) is 20.8. The van der Waals surface area contributed by atoms with Gasteiger partial charge in [-0.2, -0.15) is 0 Å². The maximum Gasteiger partial charge on any atom is 0.188 e. The molecule has 196 valence electrons. The lowest BCUT2D eigenvalue weighted by molar-refractivity contribution is 0.437. The van der Waals surface area contributed by atoms with E-state index in [2.05, 4.69) is 82.5 Å². The van der Waals surface area contributed by atoms with Gasteiger partial charge in [-0.25, -0.2) is 4.85 Å². The van der Waals surface area contributed by atoms with Crippen molar-refractivity contribution in [2.24, 2.45) is 0 Å². The molecule has 0 saturated carbocycles. The van der Waals surface area contributed by atoms with Gasteiger partial charge in [0.2, 0.25) is 0 Å². The average molecular weight is 557 g/mol. The number of anilines is 3. The molecule has 0 amide bonds. The number of fused-ring (bicyclic) bond motifs is 11. The normalized spacial score (nSPS) is 14.4. The largest absolute Gasteiger partial charge is 0.454 e. The van der Waals surface area contributed by atoms with Crippen molar-refractivity contribution in [2.75, 3.05) is 4.90 Å². The summed E-state index contributed by atoms with van der Waals surface area (Å²) in [5, 5.41) is 0. The molecule has 2 aliphatic heterocycles. The van der Waals surface area contributed by atoms with E-state index in [1.165, 1.54) is 0 Å². The van der Waals surface area contributed by atoms with Crippen LogP contribution in [0.2, 0.25) is 0 Å². The van der Waals surface area contributed by atoms with Gasteiger partial charge >= 0.3 is 0 Å². The Labute approximate surface area is 246 Å². The highest BCUT2D eigenvalue weighted by Gasteiger charge is 2.53. The van der Waals surface area contributed by atoms with E-state index in [0.717, 1.165) is 72.0 Å². The average Bonchev–Trinajstić information content (AvgIpc) is 3.34. The van der Waals surface area contributed by atoms with Crippen LogP contribution < -0.4 is 9.64 Å². The molecule has 9 rings (SSSR count). The maximum absolute atomic E-state index is 7.60. The highest BCUT2D eigenvalue weighted by molar-refractivity contribution is 7.99. The van der Waals surface area contributed by atoms with Crippen LogP contribution >= 0.6 is 11.8 Å². The molecule has 0 atom stereocenters. The lowest BCUT2D eigenvalue weighted by atomic mass is 9.66. The Hall–Kier alpha value is -5.38. The molecule has 0 bridgehead atoms. The number of nitrogens with zero attached hydrogens (tertiary/aromatic N) is 4. The molecule has 0 fully saturated rings. The second kappa shape index (κ2) is 8.56. The molecule has 4 heterocycles. The number of rotatable bonds is 1. The molecule has 1 aliphatic carbocycles. The fourth-order valence-electron chi connectivity index (χ4n) is 6.82. The zero-order valence-corrected chi connectivity index (χ0v) is 23.0. The van der Waals surface area contributed by atoms with Crippen molar-refractivity contribution in [3.8, 4) is 22.9 Å². The van der Waals surface area contributed by atoms with Gasteiger partial charge in [-0.05, 0) is 59.7 Å². The molecular formula is C36H20N4OS. The molecule has 0 radical (unpaired) electrons. The molecule has 6 aromatic rings. The van der Waals surface area contributed by atoms with Crippen LogP contribution in [0.25, 0.3) is 16.2 Å². The van der Waals surface area contributed by atoms with E-state index in [-0.39, 0.29) is 0 Å². The number of benzene rings is 4. The van der Waals surface area contributed by atoms with Gasteiger partial charge < -0.3 is 9.64 Å². The summed E-state index contributed by atoms with van der Waals surface area (Å²) in [7, 11) is 0. The minimum Gasteiger partial charge on any atom is -0.454 e. The molecule has 42 heavy (non-hydrogen) atoms. The molecule has 5 nitrogen and oxygen atoms in total. The van der Waals surface area contributed by atoms with Crippen LogP contribution in [-0.2, 0) is 5.41 Å². The third kappa shape index (κ3) is 2.93. The Morgan fingerprint density at radius 3 is 2.12 bits per heavy atom. The van der Waals surface area contributed by atoms with Crippen LogP contribution in [0, 0.1) is 6.57 Å². The standard InChI is InChI=1S/C36H20N4OS/c1-37-22-17-18-28-32(21-22)42-31-16-5-3-13-27(31)40(28)29-14-6-10-26-35(29)41-30-15-4-2-9-23(30)36(26)24-11-7-19-38-33(24)34-25(36)12-8-20-39-34/h2-21H. The lowest BCUT2D eigenvalue weighted by Crippen LogP contribution is -2.33. The molecule has 4 aromatic carbocycles. The van der Waals surface area contributed by atoms with Crippen LogP contribution in [0.4, 0.5) is 22.7 Å². The van der Waals surface area contributed by atoms with E-state index < -0.39 is 5.41 Å². The van der Waals surface area contributed by atoms with Crippen molar-refractivity contribution in [2.45, 2.75) is 15.2 Å². The van der Waals surface area contributed by atoms with Crippen LogP contribution in [0.1, 0.15) is 22.3 Å². The summed E-state index contributed by atoms with van der Waals surface area (Å²) < 4.78 is 6.92. The van der Waals surface area contributed by atoms with E-state index in [9.17, 15) is 0 Å². The summed E-state index contributed by atoms with van der Waals surface area (Å²) in [4.78, 5) is 17.8. The summed E-state index contributed by atoms with van der Waals surface area (Å²) in [6.45, 7) is 7.60. The minimum atomic E-state index is -0.645. The van der Waals surface area contributed by atoms with Crippen molar-refractivity contribution in [1.82, 2.24) is 9.97 Å². The van der Waals surface area contributed by atoms with E-state index in [1.807, 2.05) is 48.8 Å². The van der Waals surface area contributed by atoms with Crippen LogP contribution in [0.15, 0.2) is 131 Å². The highest BCUT2D eigenvalue weighted by atomic mass is 32.2. The zero-order chi connectivity index (χ0) is 27.8. The van der Waals surface area contributed by atoms with Crippen molar-refractivity contribution >= 4 is 34.5 Å². The number of ether oxygens (including phenoxy) is 1. The molecule has 2 aromatic heterocycles. The first-order valence-electron chi connectivity index (χ1n) is 13.7. The molecule has 6 heteroatoms. The summed E-state index contributed by atoms with van der Waals surface area (Å²) in [6, 6.07) is 37.4. The van der Waals surface area contributed by atoms with Crippen molar-refractivity contribution in [3.63, 3.8) is 0 Å². The third-order valence-corrected chi connectivity index (χ3v) is 9.54. The highest BCUT2D eigenvalue weighted by Crippen LogP contribution is 2.64. The van der Waals surface area contributed by atoms with Gasteiger partial charge in [-0.15, -0.1) is 0 Å². The zero-order valence-electron chi connectivity index (χ0n) is 22.2. The Balaban J connectivity index is 1.39. The molecular weight excluding hydrogens is 536 g/mol.